The molecule has 0 bridgehead atoms. The van der Waals surface area contributed by atoms with E-state index in [-0.39, 0.29) is 0 Å². The van der Waals surface area contributed by atoms with Crippen LogP contribution in [0.5, 0.6) is 0 Å². The summed E-state index contributed by atoms with van der Waals surface area (Å²) < 4.78 is 1.83. The van der Waals surface area contributed by atoms with Gasteiger partial charge in [-0.3, -0.25) is 4.68 Å². The third-order valence-corrected chi connectivity index (χ3v) is 4.75. The van der Waals surface area contributed by atoms with Crippen molar-refractivity contribution in [2.75, 3.05) is 29.9 Å². The van der Waals surface area contributed by atoms with E-state index in [0.29, 0.717) is 5.95 Å². The number of aromatic nitrogens is 4. The molecule has 0 radical (unpaired) electrons. The molecule has 0 aliphatic carbocycles. The lowest BCUT2D eigenvalue weighted by Gasteiger charge is -2.18. The van der Waals surface area contributed by atoms with Crippen molar-refractivity contribution in [3.8, 4) is 0 Å². The Labute approximate surface area is 147 Å². The van der Waals surface area contributed by atoms with Crippen LogP contribution >= 0.6 is 0 Å². The first kappa shape index (κ1) is 15.9. The molecule has 4 rings (SSSR count). The zero-order valence-corrected chi connectivity index (χ0v) is 14.6. The van der Waals surface area contributed by atoms with Gasteiger partial charge < -0.3 is 10.2 Å². The predicted molar refractivity (Wildman–Crippen MR) is 101 cm³/mol. The summed E-state index contributed by atoms with van der Waals surface area (Å²) in [4.78, 5) is 11.8. The average molecular weight is 336 g/mol. The highest BCUT2D eigenvalue weighted by atomic mass is 15.3. The Morgan fingerprint density at radius 1 is 1.08 bits per heavy atom. The minimum atomic E-state index is 0.700. The van der Waals surface area contributed by atoms with E-state index < -0.39 is 0 Å². The molecule has 1 saturated heterocycles. The maximum atomic E-state index is 4.79. The van der Waals surface area contributed by atoms with Gasteiger partial charge in [-0.25, -0.2) is 0 Å². The van der Waals surface area contributed by atoms with Gasteiger partial charge in [0.25, 0.3) is 0 Å². The second-order valence-electron chi connectivity index (χ2n) is 6.59. The smallest absolute Gasteiger partial charge is 0.226 e. The minimum absolute atomic E-state index is 0.700. The lowest BCUT2D eigenvalue weighted by Crippen LogP contribution is -2.20. The third-order valence-electron chi connectivity index (χ3n) is 4.75. The maximum Gasteiger partial charge on any atom is 0.226 e. The standard InChI is InChI=1S/C19H24N6/c1-24-17-16(14-21-24)18(25-12-5-6-13-25)23-19(22-17)20-11-7-10-15-8-3-2-4-9-15/h2-4,8-9,14H,5-7,10-13H2,1H3,(H,20,22,23). The van der Waals surface area contributed by atoms with Gasteiger partial charge in [0.1, 0.15) is 5.82 Å². The van der Waals surface area contributed by atoms with Gasteiger partial charge in [-0.1, -0.05) is 30.3 Å². The van der Waals surface area contributed by atoms with Gasteiger partial charge in [-0.15, -0.1) is 0 Å². The van der Waals surface area contributed by atoms with Gasteiger partial charge in [0.2, 0.25) is 5.95 Å². The molecule has 0 spiro atoms. The lowest BCUT2D eigenvalue weighted by molar-refractivity contribution is 0.784. The lowest BCUT2D eigenvalue weighted by atomic mass is 10.1. The van der Waals surface area contributed by atoms with Gasteiger partial charge in [0, 0.05) is 26.7 Å². The van der Waals surface area contributed by atoms with Crippen LogP contribution in [0.2, 0.25) is 0 Å². The van der Waals surface area contributed by atoms with E-state index in [0.717, 1.165) is 49.3 Å². The molecule has 6 nitrogen and oxygen atoms in total. The summed E-state index contributed by atoms with van der Waals surface area (Å²) >= 11 is 0. The minimum Gasteiger partial charge on any atom is -0.356 e. The number of aryl methyl sites for hydroxylation is 2. The highest BCUT2D eigenvalue weighted by Gasteiger charge is 2.19. The maximum absolute atomic E-state index is 4.79. The molecule has 6 heteroatoms. The van der Waals surface area contributed by atoms with Crippen LogP contribution in [0.4, 0.5) is 11.8 Å². The van der Waals surface area contributed by atoms with Crippen molar-refractivity contribution in [3.05, 3.63) is 42.1 Å². The molecule has 3 aromatic rings. The van der Waals surface area contributed by atoms with Crippen molar-refractivity contribution >= 4 is 22.8 Å². The SMILES string of the molecule is Cn1ncc2c(N3CCCC3)nc(NCCCc3ccccc3)nc21. The average Bonchev–Trinajstić information content (AvgIpc) is 3.30. The number of hydrogen-bond donors (Lipinski definition) is 1. The first-order valence-corrected chi connectivity index (χ1v) is 9.04. The van der Waals surface area contributed by atoms with Crippen LogP contribution in [0.3, 0.4) is 0 Å². The fraction of sp³-hybridized carbons (Fsp3) is 0.421. The number of nitrogens with zero attached hydrogens (tertiary/aromatic N) is 5. The van der Waals surface area contributed by atoms with E-state index in [1.165, 1.54) is 18.4 Å². The first-order chi connectivity index (χ1) is 12.3. The van der Waals surface area contributed by atoms with E-state index in [4.69, 9.17) is 4.98 Å². The summed E-state index contributed by atoms with van der Waals surface area (Å²) in [6.45, 7) is 2.99. The van der Waals surface area contributed by atoms with E-state index in [9.17, 15) is 0 Å². The zero-order valence-electron chi connectivity index (χ0n) is 14.6. The van der Waals surface area contributed by atoms with Crippen LogP contribution < -0.4 is 10.2 Å². The molecule has 1 fully saturated rings. The summed E-state index contributed by atoms with van der Waals surface area (Å²) in [5.74, 6) is 1.72. The molecule has 0 unspecified atom stereocenters. The number of fused-ring (bicyclic) bond motifs is 1. The van der Waals surface area contributed by atoms with Gasteiger partial charge in [-0.2, -0.15) is 15.1 Å². The van der Waals surface area contributed by atoms with Crippen LogP contribution in [0.1, 0.15) is 24.8 Å². The fourth-order valence-electron chi connectivity index (χ4n) is 3.39. The fourth-order valence-corrected chi connectivity index (χ4v) is 3.39. The monoisotopic (exact) mass is 336 g/mol. The molecular weight excluding hydrogens is 312 g/mol. The van der Waals surface area contributed by atoms with Crippen molar-refractivity contribution in [3.63, 3.8) is 0 Å². The van der Waals surface area contributed by atoms with Crippen molar-refractivity contribution in [1.29, 1.82) is 0 Å². The molecule has 0 amide bonds. The molecule has 25 heavy (non-hydrogen) atoms. The molecule has 1 N–H and O–H groups in total. The van der Waals surface area contributed by atoms with Crippen LogP contribution in [0.25, 0.3) is 11.0 Å². The summed E-state index contributed by atoms with van der Waals surface area (Å²) in [7, 11) is 1.93. The Kier molecular flexibility index (Phi) is 4.50. The molecule has 1 aromatic carbocycles. The van der Waals surface area contributed by atoms with Gasteiger partial charge in [-0.05, 0) is 31.2 Å². The molecule has 3 heterocycles. The molecule has 1 aliphatic heterocycles. The first-order valence-electron chi connectivity index (χ1n) is 9.04. The van der Waals surface area contributed by atoms with Crippen molar-refractivity contribution in [2.24, 2.45) is 7.05 Å². The Balaban J connectivity index is 1.48. The normalized spacial score (nSPS) is 14.4. The number of anilines is 2. The number of nitrogens with one attached hydrogen (secondary N) is 1. The Morgan fingerprint density at radius 3 is 2.68 bits per heavy atom. The number of rotatable bonds is 6. The van der Waals surface area contributed by atoms with E-state index in [1.807, 2.05) is 17.9 Å². The zero-order chi connectivity index (χ0) is 17.1. The number of benzene rings is 1. The van der Waals surface area contributed by atoms with Gasteiger partial charge in [0.15, 0.2) is 5.65 Å². The largest absolute Gasteiger partial charge is 0.356 e. The summed E-state index contributed by atoms with van der Waals surface area (Å²) in [6.07, 6.45) is 6.44. The second kappa shape index (κ2) is 7.09. The molecule has 0 atom stereocenters. The van der Waals surface area contributed by atoms with Crippen molar-refractivity contribution in [1.82, 2.24) is 19.7 Å². The van der Waals surface area contributed by atoms with Crippen molar-refractivity contribution < 1.29 is 0 Å². The van der Waals surface area contributed by atoms with Crippen LogP contribution in [0.15, 0.2) is 36.5 Å². The number of hydrogen-bond acceptors (Lipinski definition) is 5. The third kappa shape index (κ3) is 3.43. The van der Waals surface area contributed by atoms with E-state index >= 15 is 0 Å². The molecular formula is C19H24N6. The molecule has 0 saturated carbocycles. The Morgan fingerprint density at radius 2 is 1.88 bits per heavy atom. The van der Waals surface area contributed by atoms with Gasteiger partial charge in [0.05, 0.1) is 11.6 Å². The Hall–Kier alpha value is -2.63. The Bertz CT molecular complexity index is 836. The van der Waals surface area contributed by atoms with E-state index in [2.05, 4.69) is 50.6 Å². The highest BCUT2D eigenvalue weighted by molar-refractivity contribution is 5.88. The summed E-state index contributed by atoms with van der Waals surface area (Å²) in [5.41, 5.74) is 2.26. The van der Waals surface area contributed by atoms with Gasteiger partial charge >= 0.3 is 0 Å². The highest BCUT2D eigenvalue weighted by Crippen LogP contribution is 2.27. The van der Waals surface area contributed by atoms with E-state index in [1.54, 1.807) is 0 Å². The second-order valence-corrected chi connectivity index (χ2v) is 6.59. The quantitative estimate of drug-likeness (QED) is 0.701. The topological polar surface area (TPSA) is 58.9 Å². The predicted octanol–water partition coefficient (Wildman–Crippen LogP) is 3.01. The summed E-state index contributed by atoms with van der Waals surface area (Å²) in [6, 6.07) is 10.6. The van der Waals surface area contributed by atoms with Crippen LogP contribution in [0, 0.1) is 0 Å². The summed E-state index contributed by atoms with van der Waals surface area (Å²) in [5, 5.41) is 8.80. The molecule has 130 valence electrons. The molecule has 1 aliphatic rings. The van der Waals surface area contributed by atoms with Crippen LogP contribution in [-0.2, 0) is 13.5 Å². The van der Waals surface area contributed by atoms with Crippen molar-refractivity contribution in [2.45, 2.75) is 25.7 Å². The molecule has 2 aromatic heterocycles. The van der Waals surface area contributed by atoms with Crippen LogP contribution in [-0.4, -0.2) is 39.4 Å².